The number of rotatable bonds is 3. The number of nitrogens with two attached hydrogens (primary N) is 1. The van der Waals surface area contributed by atoms with Crippen molar-refractivity contribution in [1.82, 2.24) is 0 Å². The van der Waals surface area contributed by atoms with Crippen LogP contribution in [0.15, 0.2) is 22.7 Å². The number of hydrogen-bond donors (Lipinski definition) is 1. The van der Waals surface area contributed by atoms with Crippen LogP contribution in [-0.4, -0.2) is 6.04 Å². The van der Waals surface area contributed by atoms with E-state index in [0.717, 1.165) is 10.0 Å². The standard InChI is InChI=1S/C11H15BrFN/c1-7(8(2)14)5-9-6-10(12)3-4-11(9)13/h3-4,6-8H,5,14H2,1-2H3. The van der Waals surface area contributed by atoms with Gasteiger partial charge in [0.1, 0.15) is 5.82 Å². The zero-order valence-electron chi connectivity index (χ0n) is 8.43. The monoisotopic (exact) mass is 259 g/mol. The lowest BCUT2D eigenvalue weighted by Gasteiger charge is -2.15. The average Bonchev–Trinajstić information content (AvgIpc) is 2.11. The summed E-state index contributed by atoms with van der Waals surface area (Å²) in [6.45, 7) is 3.98. The summed E-state index contributed by atoms with van der Waals surface area (Å²) in [4.78, 5) is 0. The smallest absolute Gasteiger partial charge is 0.126 e. The van der Waals surface area contributed by atoms with Crippen molar-refractivity contribution in [2.75, 3.05) is 0 Å². The Balaban J connectivity index is 2.80. The zero-order chi connectivity index (χ0) is 10.7. The summed E-state index contributed by atoms with van der Waals surface area (Å²) in [5, 5.41) is 0. The van der Waals surface area contributed by atoms with E-state index in [9.17, 15) is 4.39 Å². The van der Waals surface area contributed by atoms with Gasteiger partial charge < -0.3 is 5.73 Å². The summed E-state index contributed by atoms with van der Waals surface area (Å²) in [5.41, 5.74) is 6.46. The third kappa shape index (κ3) is 3.07. The Morgan fingerprint density at radius 3 is 2.64 bits per heavy atom. The summed E-state index contributed by atoms with van der Waals surface area (Å²) in [5.74, 6) is 0.138. The molecule has 0 heterocycles. The highest BCUT2D eigenvalue weighted by Crippen LogP contribution is 2.19. The van der Waals surface area contributed by atoms with Crippen molar-refractivity contribution >= 4 is 15.9 Å². The van der Waals surface area contributed by atoms with Crippen molar-refractivity contribution in [1.29, 1.82) is 0 Å². The molecule has 2 N–H and O–H groups in total. The minimum Gasteiger partial charge on any atom is -0.328 e. The van der Waals surface area contributed by atoms with Gasteiger partial charge in [0, 0.05) is 10.5 Å². The fourth-order valence-corrected chi connectivity index (χ4v) is 1.64. The molecule has 0 aliphatic rings. The Bertz CT molecular complexity index is 312. The quantitative estimate of drug-likeness (QED) is 0.887. The molecule has 0 amide bonds. The third-order valence-electron chi connectivity index (χ3n) is 2.45. The fraction of sp³-hybridized carbons (Fsp3) is 0.455. The van der Waals surface area contributed by atoms with E-state index < -0.39 is 0 Å². The van der Waals surface area contributed by atoms with E-state index in [1.165, 1.54) is 6.07 Å². The van der Waals surface area contributed by atoms with E-state index >= 15 is 0 Å². The summed E-state index contributed by atoms with van der Waals surface area (Å²) in [6.07, 6.45) is 0.683. The maximum Gasteiger partial charge on any atom is 0.126 e. The Morgan fingerprint density at radius 2 is 2.07 bits per heavy atom. The molecule has 1 nitrogen and oxygen atoms in total. The zero-order valence-corrected chi connectivity index (χ0v) is 10.0. The molecule has 0 saturated carbocycles. The van der Waals surface area contributed by atoms with E-state index in [4.69, 9.17) is 5.73 Å². The van der Waals surface area contributed by atoms with Crippen molar-refractivity contribution in [2.45, 2.75) is 26.3 Å². The van der Waals surface area contributed by atoms with Crippen molar-refractivity contribution in [2.24, 2.45) is 11.7 Å². The van der Waals surface area contributed by atoms with E-state index in [-0.39, 0.29) is 11.9 Å². The predicted molar refractivity (Wildman–Crippen MR) is 60.6 cm³/mol. The Kier molecular flexibility index (Phi) is 4.08. The second-order valence-electron chi connectivity index (χ2n) is 3.78. The van der Waals surface area contributed by atoms with E-state index in [0.29, 0.717) is 12.3 Å². The van der Waals surface area contributed by atoms with Gasteiger partial charge in [-0.2, -0.15) is 0 Å². The van der Waals surface area contributed by atoms with Gasteiger partial charge in [-0.25, -0.2) is 4.39 Å². The molecule has 2 unspecified atom stereocenters. The van der Waals surface area contributed by atoms with Crippen LogP contribution in [0.3, 0.4) is 0 Å². The lowest BCUT2D eigenvalue weighted by atomic mass is 9.95. The topological polar surface area (TPSA) is 26.0 Å². The fourth-order valence-electron chi connectivity index (χ4n) is 1.23. The van der Waals surface area contributed by atoms with Gasteiger partial charge in [-0.1, -0.05) is 22.9 Å². The molecule has 1 rings (SSSR count). The first kappa shape index (κ1) is 11.7. The highest BCUT2D eigenvalue weighted by atomic mass is 79.9. The number of hydrogen-bond acceptors (Lipinski definition) is 1. The van der Waals surface area contributed by atoms with Crippen LogP contribution in [0.25, 0.3) is 0 Å². The van der Waals surface area contributed by atoms with Gasteiger partial charge in [-0.15, -0.1) is 0 Å². The van der Waals surface area contributed by atoms with Crippen LogP contribution in [0.1, 0.15) is 19.4 Å². The Labute approximate surface area is 92.6 Å². The van der Waals surface area contributed by atoms with Gasteiger partial charge in [0.2, 0.25) is 0 Å². The molecule has 1 aromatic rings. The Hall–Kier alpha value is -0.410. The van der Waals surface area contributed by atoms with Crippen molar-refractivity contribution in [3.8, 4) is 0 Å². The predicted octanol–water partition coefficient (Wildman–Crippen LogP) is 3.11. The molecule has 78 valence electrons. The molecule has 3 heteroatoms. The molecule has 0 spiro atoms. The number of halogens is 2. The maximum atomic E-state index is 13.3. The summed E-state index contributed by atoms with van der Waals surface area (Å²) in [6, 6.07) is 5.09. The third-order valence-corrected chi connectivity index (χ3v) is 2.94. The molecular weight excluding hydrogens is 245 g/mol. The average molecular weight is 260 g/mol. The first-order valence-electron chi connectivity index (χ1n) is 4.70. The Morgan fingerprint density at radius 1 is 1.43 bits per heavy atom. The van der Waals surface area contributed by atoms with Crippen LogP contribution < -0.4 is 5.73 Å². The highest BCUT2D eigenvalue weighted by Gasteiger charge is 2.11. The van der Waals surface area contributed by atoms with Crippen LogP contribution >= 0.6 is 15.9 Å². The normalized spacial score (nSPS) is 15.2. The second kappa shape index (κ2) is 4.89. The van der Waals surface area contributed by atoms with Gasteiger partial charge >= 0.3 is 0 Å². The molecule has 0 fully saturated rings. The molecular formula is C11H15BrFN. The first-order valence-corrected chi connectivity index (χ1v) is 5.49. The largest absolute Gasteiger partial charge is 0.328 e. The molecule has 1 aromatic carbocycles. The number of benzene rings is 1. The highest BCUT2D eigenvalue weighted by molar-refractivity contribution is 9.10. The summed E-state index contributed by atoms with van der Waals surface area (Å²) < 4.78 is 14.2. The van der Waals surface area contributed by atoms with Gasteiger partial charge in [-0.05, 0) is 43.0 Å². The molecule has 14 heavy (non-hydrogen) atoms. The van der Waals surface area contributed by atoms with Gasteiger partial charge in [0.05, 0.1) is 0 Å². The minimum atomic E-state index is -0.152. The lowest BCUT2D eigenvalue weighted by Crippen LogP contribution is -2.26. The molecule has 0 aliphatic heterocycles. The molecule has 0 aliphatic carbocycles. The van der Waals surface area contributed by atoms with Crippen molar-refractivity contribution in [3.63, 3.8) is 0 Å². The van der Waals surface area contributed by atoms with Crippen LogP contribution in [0, 0.1) is 11.7 Å². The van der Waals surface area contributed by atoms with Gasteiger partial charge in [0.15, 0.2) is 0 Å². The minimum absolute atomic E-state index is 0.0911. The van der Waals surface area contributed by atoms with E-state index in [2.05, 4.69) is 15.9 Å². The summed E-state index contributed by atoms with van der Waals surface area (Å²) >= 11 is 3.33. The van der Waals surface area contributed by atoms with Crippen molar-refractivity contribution in [3.05, 3.63) is 34.1 Å². The van der Waals surface area contributed by atoms with Gasteiger partial charge in [0.25, 0.3) is 0 Å². The van der Waals surface area contributed by atoms with Crippen LogP contribution in [0.5, 0.6) is 0 Å². The molecule has 0 radical (unpaired) electrons. The SMILES string of the molecule is CC(N)C(C)Cc1cc(Br)ccc1F. The van der Waals surface area contributed by atoms with E-state index in [1.807, 2.05) is 19.9 Å². The maximum absolute atomic E-state index is 13.3. The van der Waals surface area contributed by atoms with Crippen LogP contribution in [0.4, 0.5) is 4.39 Å². The molecule has 0 aromatic heterocycles. The molecule has 0 bridgehead atoms. The molecule has 0 saturated heterocycles. The van der Waals surface area contributed by atoms with Gasteiger partial charge in [-0.3, -0.25) is 0 Å². The lowest BCUT2D eigenvalue weighted by molar-refractivity contribution is 0.469. The van der Waals surface area contributed by atoms with Crippen LogP contribution in [-0.2, 0) is 6.42 Å². The summed E-state index contributed by atoms with van der Waals surface area (Å²) in [7, 11) is 0. The first-order chi connectivity index (χ1) is 6.50. The van der Waals surface area contributed by atoms with Crippen LogP contribution in [0.2, 0.25) is 0 Å². The second-order valence-corrected chi connectivity index (χ2v) is 4.69. The van der Waals surface area contributed by atoms with Crippen molar-refractivity contribution < 1.29 is 4.39 Å². The molecule has 2 atom stereocenters. The van der Waals surface area contributed by atoms with E-state index in [1.54, 1.807) is 6.07 Å².